The Balaban J connectivity index is 0.00000301. The smallest absolute Gasteiger partial charge is 0.309 e. The van der Waals surface area contributed by atoms with E-state index in [2.05, 4.69) is 19.2 Å². The number of methoxy groups -OCH3 is 1. The molecule has 0 amide bonds. The minimum atomic E-state index is -1.46. The number of aliphatic hydroxyl groups is 3. The number of epoxide rings is 1. The number of rotatable bonds is 13. The minimum Gasteiger partial charge on any atom is -0.483 e. The maximum Gasteiger partial charge on any atom is 0.309 e. The predicted octanol–water partition coefficient (Wildman–Crippen LogP) is 4.91. The molecule has 11 atom stereocenters. The van der Waals surface area contributed by atoms with Crippen molar-refractivity contribution in [3.8, 4) is 0 Å². The van der Waals surface area contributed by atoms with Crippen molar-refractivity contribution < 1.29 is 53.8 Å². The first-order valence-corrected chi connectivity index (χ1v) is 18.1. The van der Waals surface area contributed by atoms with E-state index in [0.29, 0.717) is 17.1 Å². The van der Waals surface area contributed by atoms with E-state index >= 15 is 0 Å². The van der Waals surface area contributed by atoms with Crippen LogP contribution in [0.2, 0.25) is 5.02 Å². The van der Waals surface area contributed by atoms with Crippen LogP contribution in [0.4, 0.5) is 0 Å². The summed E-state index contributed by atoms with van der Waals surface area (Å²) in [6.07, 6.45) is 6.32. The van der Waals surface area contributed by atoms with Crippen LogP contribution in [0.1, 0.15) is 79.7 Å². The van der Waals surface area contributed by atoms with Crippen LogP contribution in [0.25, 0.3) is 0 Å². The number of cyclic esters (lactones) is 1. The Kier molecular flexibility index (Phi) is 18.2. The number of hydrogen-bond donors (Lipinski definition) is 5. The lowest BCUT2D eigenvalue weighted by molar-refractivity contribution is -0.157. The third kappa shape index (κ3) is 14.0. The number of hydrogen-bond acceptors (Lipinski definition) is 11. The molecule has 0 radical (unpaired) electrons. The van der Waals surface area contributed by atoms with Gasteiger partial charge in [0.25, 0.3) is 6.47 Å². The predicted molar refractivity (Wildman–Crippen MR) is 197 cm³/mol. The Bertz CT molecular complexity index is 1370. The van der Waals surface area contributed by atoms with Crippen molar-refractivity contribution in [1.82, 2.24) is 5.32 Å². The molecule has 0 spiro atoms. The minimum absolute atomic E-state index is 0.0271. The second-order valence-electron chi connectivity index (χ2n) is 14.1. The Morgan fingerprint density at radius 1 is 1.21 bits per heavy atom. The van der Waals surface area contributed by atoms with Crippen molar-refractivity contribution in [1.29, 1.82) is 0 Å². The second-order valence-corrected chi connectivity index (χ2v) is 14.6. The van der Waals surface area contributed by atoms with Crippen LogP contribution >= 0.6 is 11.6 Å². The summed E-state index contributed by atoms with van der Waals surface area (Å²) in [7, 11) is 1.70. The highest BCUT2D eigenvalue weighted by atomic mass is 35.5. The number of aliphatic hydroxyl groups excluding tert-OH is 1. The van der Waals surface area contributed by atoms with E-state index in [9.17, 15) is 24.9 Å². The number of carboxylic acid groups (broad SMARTS) is 1. The Morgan fingerprint density at radius 3 is 2.42 bits per heavy atom. The molecule has 1 aromatic rings. The van der Waals surface area contributed by atoms with Gasteiger partial charge >= 0.3 is 11.9 Å². The zero-order valence-electron chi connectivity index (χ0n) is 31.5. The molecule has 2 heterocycles. The fraction of sp³-hybridized carbons (Fsp3) is 0.615. The van der Waals surface area contributed by atoms with Crippen LogP contribution in [-0.2, 0) is 39.9 Å². The molecule has 13 heteroatoms. The third-order valence-corrected chi connectivity index (χ3v) is 9.88. The molecule has 0 aliphatic carbocycles. The van der Waals surface area contributed by atoms with Crippen LogP contribution < -0.4 is 5.32 Å². The van der Waals surface area contributed by atoms with Crippen molar-refractivity contribution in [3.05, 3.63) is 70.8 Å². The van der Waals surface area contributed by atoms with Gasteiger partial charge in [-0.2, -0.15) is 0 Å². The topological polar surface area (TPSA) is 184 Å². The Hall–Kier alpha value is -3.10. The quantitative estimate of drug-likeness (QED) is 0.0604. The fourth-order valence-corrected chi connectivity index (χ4v) is 6.63. The molecule has 1 aromatic carbocycles. The summed E-state index contributed by atoms with van der Waals surface area (Å²) in [5.41, 5.74) is -1.11. The van der Waals surface area contributed by atoms with Gasteiger partial charge in [0, 0.05) is 37.4 Å². The molecule has 292 valence electrons. The van der Waals surface area contributed by atoms with Gasteiger partial charge < -0.3 is 44.7 Å². The highest BCUT2D eigenvalue weighted by Gasteiger charge is 2.54. The number of esters is 2. The lowest BCUT2D eigenvalue weighted by Gasteiger charge is -2.32. The first-order chi connectivity index (χ1) is 24.4. The molecule has 0 aromatic heterocycles. The van der Waals surface area contributed by atoms with E-state index in [1.807, 2.05) is 38.1 Å². The summed E-state index contributed by atoms with van der Waals surface area (Å²) in [5, 5.41) is 44.5. The van der Waals surface area contributed by atoms with E-state index in [-0.39, 0.29) is 55.9 Å². The number of carbonyl (C=O) groups is 3. The van der Waals surface area contributed by atoms with Crippen molar-refractivity contribution in [3.63, 3.8) is 0 Å². The van der Waals surface area contributed by atoms with E-state index in [4.69, 9.17) is 40.4 Å². The summed E-state index contributed by atoms with van der Waals surface area (Å²) in [6, 6.07) is 7.05. The second kappa shape index (κ2) is 21.0. The maximum atomic E-state index is 12.9. The summed E-state index contributed by atoms with van der Waals surface area (Å²) in [4.78, 5) is 33.0. The number of halogens is 1. The van der Waals surface area contributed by atoms with Gasteiger partial charge in [-0.25, -0.2) is 0 Å². The van der Waals surface area contributed by atoms with Gasteiger partial charge in [0.1, 0.15) is 23.9 Å². The Morgan fingerprint density at radius 2 is 1.85 bits per heavy atom. The molecular weight excluding hydrogens is 694 g/mol. The van der Waals surface area contributed by atoms with E-state index in [0.717, 1.165) is 12.0 Å². The normalized spacial score (nSPS) is 30.5. The van der Waals surface area contributed by atoms with Crippen LogP contribution in [0.5, 0.6) is 0 Å². The largest absolute Gasteiger partial charge is 0.483 e. The number of benzene rings is 1. The van der Waals surface area contributed by atoms with Crippen LogP contribution in [0.3, 0.4) is 0 Å². The molecule has 5 N–H and O–H groups in total. The molecule has 3 rings (SSSR count). The molecule has 12 nitrogen and oxygen atoms in total. The third-order valence-electron chi connectivity index (χ3n) is 9.63. The summed E-state index contributed by atoms with van der Waals surface area (Å²) < 4.78 is 23.1. The van der Waals surface area contributed by atoms with Crippen molar-refractivity contribution in [2.45, 2.75) is 135 Å². The van der Waals surface area contributed by atoms with Gasteiger partial charge in [0.15, 0.2) is 0 Å². The summed E-state index contributed by atoms with van der Waals surface area (Å²) >= 11 is 6.09. The van der Waals surface area contributed by atoms with Gasteiger partial charge in [-0.15, -0.1) is 0 Å². The number of allylic oxidation sites excluding steroid dienone is 2. The monoisotopic (exact) mass is 751 g/mol. The summed E-state index contributed by atoms with van der Waals surface area (Å²) in [6.45, 7) is 12.6. The average Bonchev–Trinajstić information content (AvgIpc) is 3.86. The first-order valence-electron chi connectivity index (χ1n) is 17.7. The van der Waals surface area contributed by atoms with Crippen molar-refractivity contribution in [2.24, 2.45) is 11.8 Å². The first kappa shape index (κ1) is 45.1. The fourth-order valence-electron chi connectivity index (χ4n) is 6.50. The Labute approximate surface area is 312 Å². The number of carbonyl (C=O) groups excluding carboxylic acids is 2. The van der Waals surface area contributed by atoms with Gasteiger partial charge in [-0.05, 0) is 69.4 Å². The van der Waals surface area contributed by atoms with Gasteiger partial charge in [-0.3, -0.25) is 14.4 Å². The number of ether oxygens (including phenoxy) is 4. The molecule has 0 saturated carbocycles. The lowest BCUT2D eigenvalue weighted by atomic mass is 9.87. The van der Waals surface area contributed by atoms with E-state index < -0.39 is 47.5 Å². The van der Waals surface area contributed by atoms with Gasteiger partial charge in [0.2, 0.25) is 0 Å². The highest BCUT2D eigenvalue weighted by molar-refractivity contribution is 6.30. The molecule has 1 saturated heterocycles. The zero-order chi connectivity index (χ0) is 39.2. The van der Waals surface area contributed by atoms with Crippen LogP contribution in [-0.4, -0.2) is 99.8 Å². The highest BCUT2D eigenvalue weighted by Crippen LogP contribution is 2.39. The molecule has 2 aliphatic heterocycles. The van der Waals surface area contributed by atoms with Gasteiger partial charge in [0.05, 0.1) is 36.4 Å². The lowest BCUT2D eigenvalue weighted by Crippen LogP contribution is -2.52. The van der Waals surface area contributed by atoms with Gasteiger partial charge in [-0.1, -0.05) is 68.8 Å². The molecule has 2 unspecified atom stereocenters. The SMILES string of the molecule is CC[C@H](OC)[C@@H](C)[C@H]1O[C@@H]1C(NCc1ccc(Cl)cc1)C(C)(O)/C=C/C=C(\C)[C@@H]1OC(=O)C[C@H](O)CC[C@@](C)(O)[C@@H](OC(C)=O)/C=C/[C@@H]1C.O=CO. The molecule has 1 fully saturated rings. The van der Waals surface area contributed by atoms with E-state index in [1.165, 1.54) is 6.92 Å². The molecule has 2 aliphatic rings. The molecular formula is C39H58ClNO11. The van der Waals surface area contributed by atoms with Crippen molar-refractivity contribution in [2.75, 3.05) is 7.11 Å². The average molecular weight is 752 g/mol. The zero-order valence-corrected chi connectivity index (χ0v) is 32.3. The molecule has 0 bridgehead atoms. The summed E-state index contributed by atoms with van der Waals surface area (Å²) in [5.74, 6) is -1.39. The van der Waals surface area contributed by atoms with E-state index in [1.54, 1.807) is 51.3 Å². The van der Waals surface area contributed by atoms with Crippen LogP contribution in [0, 0.1) is 11.8 Å². The standard InChI is InChI=1S/C38H56ClNO9.CH2O2/c1-9-30(46-8)25(4)34-35(49-34)36(40-22-27-13-15-28(39)16-14-27)38(7,45)19-10-11-23(2)33-24(3)12-17-31(47-26(5)41)37(6,44)20-18-29(42)21-32(43)48-33;2-1-3/h10-17,19,24-25,29-31,33-36,40,42,44-45H,9,18,20-22H2,1-8H3;1H,(H,2,3)/b17-12+,19-10+,23-11+;/t24-,25+,29+,30-,31-,33-,34+,35-,36?,37+,38?;/m0./s1. The molecule has 52 heavy (non-hydrogen) atoms. The van der Waals surface area contributed by atoms with Crippen molar-refractivity contribution >= 4 is 30.0 Å². The number of nitrogens with one attached hydrogen (secondary N) is 1. The maximum absolute atomic E-state index is 12.9. The van der Waals surface area contributed by atoms with Crippen LogP contribution in [0.15, 0.2) is 60.2 Å².